The van der Waals surface area contributed by atoms with Crippen LogP contribution >= 0.6 is 11.6 Å². The van der Waals surface area contributed by atoms with Crippen molar-refractivity contribution in [3.63, 3.8) is 0 Å². The van der Waals surface area contributed by atoms with E-state index in [0.29, 0.717) is 5.69 Å². The molecule has 0 spiro atoms. The Bertz CT molecular complexity index is 424. The molecule has 1 heterocycles. The van der Waals surface area contributed by atoms with Crippen LogP contribution in [0.3, 0.4) is 0 Å². The van der Waals surface area contributed by atoms with Crippen molar-refractivity contribution in [2.45, 2.75) is 26.7 Å². The number of alkyl halides is 2. The van der Waals surface area contributed by atoms with Gasteiger partial charge in [0, 0.05) is 11.8 Å². The van der Waals surface area contributed by atoms with E-state index in [9.17, 15) is 13.6 Å². The molecule has 0 radical (unpaired) electrons. The Balaban J connectivity index is 3.07. The molecule has 0 saturated heterocycles. The van der Waals surface area contributed by atoms with E-state index in [0.717, 1.165) is 0 Å². The summed E-state index contributed by atoms with van der Waals surface area (Å²) in [6, 6.07) is 0. The van der Waals surface area contributed by atoms with E-state index >= 15 is 0 Å². The van der Waals surface area contributed by atoms with Crippen molar-refractivity contribution in [3.8, 4) is 0 Å². The van der Waals surface area contributed by atoms with Crippen LogP contribution in [0.25, 0.3) is 0 Å². The zero-order valence-corrected chi connectivity index (χ0v) is 10.2. The minimum atomic E-state index is -2.74. The van der Waals surface area contributed by atoms with E-state index in [1.165, 1.54) is 13.1 Å². The van der Waals surface area contributed by atoms with Crippen molar-refractivity contribution in [1.82, 2.24) is 4.98 Å². The van der Waals surface area contributed by atoms with E-state index in [4.69, 9.17) is 16.3 Å². The van der Waals surface area contributed by atoms with Gasteiger partial charge in [0.15, 0.2) is 0 Å². The summed E-state index contributed by atoms with van der Waals surface area (Å²) in [4.78, 5) is 15.1. The van der Waals surface area contributed by atoms with E-state index < -0.39 is 12.4 Å². The quantitative estimate of drug-likeness (QED) is 0.784. The predicted octanol–water partition coefficient (Wildman–Crippen LogP) is 3.09. The number of aromatic nitrogens is 1. The Kier molecular flexibility index (Phi) is 4.81. The molecule has 0 unspecified atom stereocenters. The molecule has 0 bridgehead atoms. The third kappa shape index (κ3) is 3.36. The van der Waals surface area contributed by atoms with Crippen LogP contribution in [0, 0.1) is 6.92 Å². The summed E-state index contributed by atoms with van der Waals surface area (Å²) in [5.41, 5.74) is 0.0795. The Hall–Kier alpha value is -1.23. The third-order valence-electron chi connectivity index (χ3n) is 2.17. The van der Waals surface area contributed by atoms with Gasteiger partial charge in [0.25, 0.3) is 6.43 Å². The van der Waals surface area contributed by atoms with Gasteiger partial charge in [0.2, 0.25) is 0 Å². The first-order chi connectivity index (χ1) is 7.97. The predicted molar refractivity (Wildman–Crippen MR) is 59.3 cm³/mol. The van der Waals surface area contributed by atoms with E-state index in [1.807, 2.05) is 0 Å². The lowest BCUT2D eigenvalue weighted by Crippen LogP contribution is -2.10. The molecule has 1 aromatic heterocycles. The topological polar surface area (TPSA) is 39.2 Å². The molecule has 0 fully saturated rings. The average Bonchev–Trinajstić information content (AvgIpc) is 2.23. The summed E-state index contributed by atoms with van der Waals surface area (Å²) >= 11 is 5.76. The lowest BCUT2D eigenvalue weighted by molar-refractivity contribution is -0.142. The molecule has 1 aromatic rings. The monoisotopic (exact) mass is 263 g/mol. The van der Waals surface area contributed by atoms with Crippen molar-refractivity contribution in [1.29, 1.82) is 0 Å². The Morgan fingerprint density at radius 2 is 2.24 bits per heavy atom. The number of ether oxygens (including phenoxy) is 1. The fourth-order valence-electron chi connectivity index (χ4n) is 1.38. The molecule has 0 aliphatic heterocycles. The number of halogens is 3. The van der Waals surface area contributed by atoms with Crippen molar-refractivity contribution in [3.05, 3.63) is 28.0 Å². The zero-order valence-electron chi connectivity index (χ0n) is 9.47. The molecule has 94 valence electrons. The number of carbonyl (C=O) groups is 1. The molecule has 0 saturated carbocycles. The van der Waals surface area contributed by atoms with Gasteiger partial charge in [-0.15, -0.1) is 0 Å². The van der Waals surface area contributed by atoms with Gasteiger partial charge in [-0.1, -0.05) is 11.6 Å². The maximum absolute atomic E-state index is 12.8. The van der Waals surface area contributed by atoms with Crippen LogP contribution in [-0.2, 0) is 16.0 Å². The second-order valence-corrected chi connectivity index (χ2v) is 3.76. The molecule has 17 heavy (non-hydrogen) atoms. The van der Waals surface area contributed by atoms with Gasteiger partial charge in [-0.3, -0.25) is 9.78 Å². The first-order valence-electron chi connectivity index (χ1n) is 5.05. The summed E-state index contributed by atoms with van der Waals surface area (Å²) in [5, 5.41) is -0.0956. The molecule has 1 rings (SSSR count). The zero-order chi connectivity index (χ0) is 13.0. The highest BCUT2D eigenvalue weighted by Gasteiger charge is 2.21. The molecule has 0 aliphatic rings. The number of pyridine rings is 1. The first kappa shape index (κ1) is 13.8. The molecule has 0 N–H and O–H groups in total. The molecular weight excluding hydrogens is 252 g/mol. The number of nitrogens with zero attached hydrogens (tertiary/aromatic N) is 1. The lowest BCUT2D eigenvalue weighted by atomic mass is 10.1. The van der Waals surface area contributed by atoms with Crippen LogP contribution in [0.4, 0.5) is 8.78 Å². The average molecular weight is 264 g/mol. The van der Waals surface area contributed by atoms with Crippen LogP contribution in [0.5, 0.6) is 0 Å². The number of rotatable bonds is 4. The number of hydrogen-bond donors (Lipinski definition) is 0. The van der Waals surface area contributed by atoms with Crippen molar-refractivity contribution in [2.75, 3.05) is 6.61 Å². The normalized spacial score (nSPS) is 10.7. The number of esters is 1. The first-order valence-corrected chi connectivity index (χ1v) is 5.42. The van der Waals surface area contributed by atoms with Crippen molar-refractivity contribution >= 4 is 17.6 Å². The van der Waals surface area contributed by atoms with Crippen LogP contribution < -0.4 is 0 Å². The highest BCUT2D eigenvalue weighted by Crippen LogP contribution is 2.31. The second kappa shape index (κ2) is 5.91. The van der Waals surface area contributed by atoms with Crippen molar-refractivity contribution in [2.24, 2.45) is 0 Å². The maximum atomic E-state index is 12.8. The van der Waals surface area contributed by atoms with Gasteiger partial charge < -0.3 is 4.74 Å². The SMILES string of the molecule is CCOC(=O)Cc1cnc(C)c(Cl)c1C(F)F. The second-order valence-electron chi connectivity index (χ2n) is 3.38. The summed E-state index contributed by atoms with van der Waals surface area (Å²) in [6.07, 6.45) is -1.76. The van der Waals surface area contributed by atoms with Crippen LogP contribution in [0.1, 0.15) is 30.2 Å². The minimum absolute atomic E-state index is 0.0956. The van der Waals surface area contributed by atoms with Gasteiger partial charge in [-0.2, -0.15) is 0 Å². The molecule has 0 aliphatic carbocycles. The van der Waals surface area contributed by atoms with E-state index in [-0.39, 0.29) is 29.2 Å². The highest BCUT2D eigenvalue weighted by molar-refractivity contribution is 6.32. The molecule has 0 amide bonds. The lowest BCUT2D eigenvalue weighted by Gasteiger charge is -2.11. The van der Waals surface area contributed by atoms with Gasteiger partial charge in [0.1, 0.15) is 0 Å². The largest absolute Gasteiger partial charge is 0.466 e. The van der Waals surface area contributed by atoms with Crippen molar-refractivity contribution < 1.29 is 18.3 Å². The summed E-state index contributed by atoms with van der Waals surface area (Å²) in [7, 11) is 0. The Morgan fingerprint density at radius 3 is 2.76 bits per heavy atom. The van der Waals surface area contributed by atoms with Gasteiger partial charge >= 0.3 is 5.97 Å². The Labute approximate surface area is 103 Å². The smallest absolute Gasteiger partial charge is 0.310 e. The number of aryl methyl sites for hydroxylation is 1. The molecule has 6 heteroatoms. The van der Waals surface area contributed by atoms with E-state index in [2.05, 4.69) is 4.98 Å². The summed E-state index contributed by atoms with van der Waals surface area (Å²) < 4.78 is 30.4. The third-order valence-corrected chi connectivity index (χ3v) is 2.65. The Morgan fingerprint density at radius 1 is 1.59 bits per heavy atom. The summed E-state index contributed by atoms with van der Waals surface area (Å²) in [5.74, 6) is -0.573. The summed E-state index contributed by atoms with van der Waals surface area (Å²) in [6.45, 7) is 3.38. The van der Waals surface area contributed by atoms with Crippen LogP contribution in [-0.4, -0.2) is 17.6 Å². The van der Waals surface area contributed by atoms with Gasteiger partial charge in [-0.25, -0.2) is 8.78 Å². The highest BCUT2D eigenvalue weighted by atomic mass is 35.5. The maximum Gasteiger partial charge on any atom is 0.310 e. The fraction of sp³-hybridized carbons (Fsp3) is 0.455. The fourth-order valence-corrected chi connectivity index (χ4v) is 1.63. The standard InChI is InChI=1S/C11H12ClF2NO2/c1-3-17-8(16)4-7-5-15-6(2)10(12)9(7)11(13)14/h5,11H,3-4H2,1-2H3. The molecule has 0 atom stereocenters. The molecular formula is C11H12ClF2NO2. The molecule has 0 aromatic carbocycles. The molecule has 3 nitrogen and oxygen atoms in total. The number of carbonyl (C=O) groups excluding carboxylic acids is 1. The minimum Gasteiger partial charge on any atom is -0.466 e. The number of hydrogen-bond acceptors (Lipinski definition) is 3. The van der Waals surface area contributed by atoms with E-state index in [1.54, 1.807) is 6.92 Å². The van der Waals surface area contributed by atoms with Gasteiger partial charge in [0.05, 0.1) is 23.7 Å². The van der Waals surface area contributed by atoms with Crippen LogP contribution in [0.2, 0.25) is 5.02 Å². The van der Waals surface area contributed by atoms with Gasteiger partial charge in [-0.05, 0) is 19.4 Å². The van der Waals surface area contributed by atoms with Crippen LogP contribution in [0.15, 0.2) is 6.20 Å².